The molecule has 2 N–H and O–H groups in total. The lowest BCUT2D eigenvalue weighted by Crippen LogP contribution is -2.31. The summed E-state index contributed by atoms with van der Waals surface area (Å²) in [5.74, 6) is -0.118. The van der Waals surface area contributed by atoms with Crippen LogP contribution in [0.3, 0.4) is 0 Å². The minimum atomic E-state index is -0.574. The van der Waals surface area contributed by atoms with E-state index < -0.39 is 16.9 Å². The molecule has 1 atom stereocenters. The Morgan fingerprint density at radius 1 is 1.11 bits per heavy atom. The standard InChI is InChI=1S/C23H23Cl3N6O4S/c1-12(2)8-19(28-22(34)15-6-4-13(24)9-17(15)26)21-29-30-23(31(21)3)37-11-20(33)27-18-10-14(32(35)36)5-7-16(18)25/h4-7,9-10,12,19H,8,11H2,1-3H3,(H,27,33)(H,28,34)/t19-/m1/s1. The summed E-state index contributed by atoms with van der Waals surface area (Å²) in [6.45, 7) is 4.04. The molecule has 0 spiro atoms. The maximum atomic E-state index is 12.9. The fourth-order valence-corrected chi connectivity index (χ4v) is 4.78. The number of non-ortho nitro benzene ring substituents is 1. The van der Waals surface area contributed by atoms with Gasteiger partial charge >= 0.3 is 0 Å². The van der Waals surface area contributed by atoms with E-state index in [1.165, 1.54) is 24.3 Å². The number of hydrogen-bond donors (Lipinski definition) is 2. The molecule has 196 valence electrons. The molecule has 3 rings (SSSR count). The third-order valence-corrected chi connectivity index (χ3v) is 7.03. The van der Waals surface area contributed by atoms with Gasteiger partial charge in [-0.25, -0.2) is 0 Å². The second kappa shape index (κ2) is 12.6. The van der Waals surface area contributed by atoms with E-state index in [-0.39, 0.29) is 44.6 Å². The van der Waals surface area contributed by atoms with Crippen LogP contribution in [-0.2, 0) is 11.8 Å². The molecule has 0 saturated carbocycles. The first-order valence-corrected chi connectivity index (χ1v) is 13.1. The van der Waals surface area contributed by atoms with Crippen molar-refractivity contribution in [1.29, 1.82) is 0 Å². The molecule has 2 amide bonds. The third kappa shape index (κ3) is 7.57. The minimum Gasteiger partial charge on any atom is -0.342 e. The molecule has 0 saturated heterocycles. The van der Waals surface area contributed by atoms with Crippen LogP contribution >= 0.6 is 46.6 Å². The Bertz CT molecular complexity index is 1330. The minimum absolute atomic E-state index is 0.0490. The molecular formula is C23H23Cl3N6O4S. The van der Waals surface area contributed by atoms with Crippen LogP contribution < -0.4 is 10.6 Å². The van der Waals surface area contributed by atoms with E-state index in [9.17, 15) is 19.7 Å². The van der Waals surface area contributed by atoms with Crippen LogP contribution in [0.15, 0.2) is 41.6 Å². The summed E-state index contributed by atoms with van der Waals surface area (Å²) in [5, 5.41) is 26.2. The van der Waals surface area contributed by atoms with E-state index in [1.54, 1.807) is 23.7 Å². The zero-order valence-corrected chi connectivity index (χ0v) is 23.1. The first-order chi connectivity index (χ1) is 17.5. The molecule has 0 radical (unpaired) electrons. The largest absolute Gasteiger partial charge is 0.342 e. The second-order valence-electron chi connectivity index (χ2n) is 8.44. The van der Waals surface area contributed by atoms with Crippen molar-refractivity contribution in [3.63, 3.8) is 0 Å². The Morgan fingerprint density at radius 3 is 2.49 bits per heavy atom. The number of hydrogen-bond acceptors (Lipinski definition) is 7. The maximum absolute atomic E-state index is 12.9. The van der Waals surface area contributed by atoms with E-state index in [1.807, 2.05) is 13.8 Å². The van der Waals surface area contributed by atoms with Gasteiger partial charge in [-0.15, -0.1) is 10.2 Å². The van der Waals surface area contributed by atoms with Gasteiger partial charge in [0.1, 0.15) is 0 Å². The predicted molar refractivity (Wildman–Crippen MR) is 145 cm³/mol. The van der Waals surface area contributed by atoms with E-state index in [0.717, 1.165) is 11.8 Å². The van der Waals surface area contributed by atoms with Crippen LogP contribution in [-0.4, -0.2) is 37.3 Å². The van der Waals surface area contributed by atoms with Gasteiger partial charge in [-0.1, -0.05) is 60.4 Å². The zero-order chi connectivity index (χ0) is 27.3. The zero-order valence-electron chi connectivity index (χ0n) is 20.0. The average Bonchev–Trinajstić information content (AvgIpc) is 3.18. The number of aromatic nitrogens is 3. The first kappa shape index (κ1) is 28.7. The molecule has 14 heteroatoms. The molecule has 0 aliphatic carbocycles. The Kier molecular flexibility index (Phi) is 9.77. The molecule has 3 aromatic rings. The molecule has 0 aliphatic rings. The molecule has 1 aromatic heterocycles. The third-order valence-electron chi connectivity index (χ3n) is 5.14. The van der Waals surface area contributed by atoms with Gasteiger partial charge in [0.2, 0.25) is 5.91 Å². The van der Waals surface area contributed by atoms with Crippen molar-refractivity contribution >= 4 is 69.8 Å². The SMILES string of the molecule is CC(C)C[C@@H](NC(=O)c1ccc(Cl)cc1Cl)c1nnc(SCC(=O)Nc2cc([N+](=O)[O-])ccc2Cl)n1C. The van der Waals surface area contributed by atoms with Crippen molar-refractivity contribution in [2.45, 2.75) is 31.5 Å². The molecule has 0 unspecified atom stereocenters. The van der Waals surface area contributed by atoms with Crippen molar-refractivity contribution < 1.29 is 14.5 Å². The number of carbonyl (C=O) groups excluding carboxylic acids is 2. The number of amides is 2. The summed E-state index contributed by atoms with van der Waals surface area (Å²) in [5.41, 5.74) is 0.234. The normalized spacial score (nSPS) is 11.9. The Labute approximate surface area is 232 Å². The average molecular weight is 586 g/mol. The van der Waals surface area contributed by atoms with Gasteiger partial charge in [0.25, 0.3) is 11.6 Å². The highest BCUT2D eigenvalue weighted by molar-refractivity contribution is 7.99. The van der Waals surface area contributed by atoms with Crippen molar-refractivity contribution in [2.24, 2.45) is 13.0 Å². The molecular weight excluding hydrogens is 563 g/mol. The van der Waals surface area contributed by atoms with Crippen molar-refractivity contribution in [1.82, 2.24) is 20.1 Å². The van der Waals surface area contributed by atoms with Gasteiger partial charge < -0.3 is 15.2 Å². The summed E-state index contributed by atoms with van der Waals surface area (Å²) in [6.07, 6.45) is 0.583. The Balaban J connectivity index is 1.71. The van der Waals surface area contributed by atoms with Crippen LogP contribution in [0, 0.1) is 16.0 Å². The molecule has 0 fully saturated rings. The van der Waals surface area contributed by atoms with Crippen LogP contribution in [0.2, 0.25) is 15.1 Å². The number of benzene rings is 2. The molecule has 1 heterocycles. The van der Waals surface area contributed by atoms with Crippen LogP contribution in [0.1, 0.15) is 42.5 Å². The number of halogens is 3. The summed E-state index contributed by atoms with van der Waals surface area (Å²) >= 11 is 19.3. The molecule has 10 nitrogen and oxygen atoms in total. The van der Waals surface area contributed by atoms with Crippen molar-refractivity contribution in [3.05, 3.63) is 73.0 Å². The van der Waals surface area contributed by atoms with E-state index in [2.05, 4.69) is 20.8 Å². The lowest BCUT2D eigenvalue weighted by Gasteiger charge is -2.20. The van der Waals surface area contributed by atoms with Gasteiger partial charge in [0, 0.05) is 24.2 Å². The highest BCUT2D eigenvalue weighted by Crippen LogP contribution is 2.28. The topological polar surface area (TPSA) is 132 Å². The van der Waals surface area contributed by atoms with Gasteiger partial charge in [0.05, 0.1) is 38.0 Å². The Hall–Kier alpha value is -2.86. The fourth-order valence-electron chi connectivity index (χ4n) is 3.40. The summed E-state index contributed by atoms with van der Waals surface area (Å²) in [6, 6.07) is 7.96. The number of anilines is 1. The van der Waals surface area contributed by atoms with Crippen LogP contribution in [0.25, 0.3) is 0 Å². The van der Waals surface area contributed by atoms with Gasteiger partial charge in [0.15, 0.2) is 11.0 Å². The van der Waals surface area contributed by atoms with Gasteiger partial charge in [-0.2, -0.15) is 0 Å². The lowest BCUT2D eigenvalue weighted by atomic mass is 10.0. The smallest absolute Gasteiger partial charge is 0.271 e. The Morgan fingerprint density at radius 2 is 1.84 bits per heavy atom. The highest BCUT2D eigenvalue weighted by atomic mass is 35.5. The highest BCUT2D eigenvalue weighted by Gasteiger charge is 2.25. The predicted octanol–water partition coefficient (Wildman–Crippen LogP) is 5.93. The number of thioether (sulfide) groups is 1. The number of nitro benzene ring substituents is 1. The molecule has 37 heavy (non-hydrogen) atoms. The lowest BCUT2D eigenvalue weighted by molar-refractivity contribution is -0.384. The summed E-state index contributed by atoms with van der Waals surface area (Å²) in [7, 11) is 1.74. The molecule has 0 aliphatic heterocycles. The summed E-state index contributed by atoms with van der Waals surface area (Å²) in [4.78, 5) is 35.8. The van der Waals surface area contributed by atoms with E-state index in [4.69, 9.17) is 34.8 Å². The van der Waals surface area contributed by atoms with Crippen LogP contribution in [0.4, 0.5) is 11.4 Å². The van der Waals surface area contributed by atoms with Crippen LogP contribution in [0.5, 0.6) is 0 Å². The fraction of sp³-hybridized carbons (Fsp3) is 0.304. The van der Waals surface area contributed by atoms with E-state index >= 15 is 0 Å². The van der Waals surface area contributed by atoms with Gasteiger partial charge in [-0.05, 0) is 36.6 Å². The quantitative estimate of drug-likeness (QED) is 0.171. The summed E-state index contributed by atoms with van der Waals surface area (Å²) < 4.78 is 1.70. The number of nitrogens with one attached hydrogen (secondary N) is 2. The van der Waals surface area contributed by atoms with Gasteiger partial charge in [-0.3, -0.25) is 19.7 Å². The molecule has 2 aromatic carbocycles. The second-order valence-corrected chi connectivity index (χ2v) is 10.6. The number of rotatable bonds is 10. The molecule has 0 bridgehead atoms. The first-order valence-electron chi connectivity index (χ1n) is 11.0. The number of carbonyl (C=O) groups is 2. The maximum Gasteiger partial charge on any atom is 0.271 e. The number of nitrogens with zero attached hydrogens (tertiary/aromatic N) is 4. The number of nitro groups is 1. The van der Waals surface area contributed by atoms with Crippen molar-refractivity contribution in [2.75, 3.05) is 11.1 Å². The van der Waals surface area contributed by atoms with Crippen molar-refractivity contribution in [3.8, 4) is 0 Å². The van der Waals surface area contributed by atoms with E-state index in [0.29, 0.717) is 22.4 Å². The monoisotopic (exact) mass is 584 g/mol.